The van der Waals surface area contributed by atoms with Gasteiger partial charge < -0.3 is 0 Å². The molecule has 16 heavy (non-hydrogen) atoms. The maximum atomic E-state index is 11.2. The molecule has 1 aliphatic rings. The fourth-order valence-corrected chi connectivity index (χ4v) is 1.22. The maximum Gasteiger partial charge on any atom is 0.358 e. The SMILES string of the molecule is CC(=O)c1ccc(OOC(=O)C2CC2)cc1. The van der Waals surface area contributed by atoms with Crippen LogP contribution in [-0.4, -0.2) is 11.8 Å². The van der Waals surface area contributed by atoms with Crippen LogP contribution in [0.3, 0.4) is 0 Å². The highest BCUT2D eigenvalue weighted by molar-refractivity contribution is 5.94. The summed E-state index contributed by atoms with van der Waals surface area (Å²) >= 11 is 0. The largest absolute Gasteiger partial charge is 0.358 e. The Hall–Kier alpha value is -1.84. The summed E-state index contributed by atoms with van der Waals surface area (Å²) in [6.45, 7) is 1.49. The molecule has 0 aromatic heterocycles. The molecule has 0 N–H and O–H groups in total. The lowest BCUT2D eigenvalue weighted by Crippen LogP contribution is -2.09. The average Bonchev–Trinajstić information content (AvgIpc) is 3.10. The van der Waals surface area contributed by atoms with Gasteiger partial charge in [-0.15, -0.1) is 0 Å². The molecule has 0 spiro atoms. The summed E-state index contributed by atoms with van der Waals surface area (Å²) < 4.78 is 0. The van der Waals surface area contributed by atoms with Crippen molar-refractivity contribution in [2.24, 2.45) is 5.92 Å². The molecule has 0 radical (unpaired) electrons. The van der Waals surface area contributed by atoms with E-state index in [1.165, 1.54) is 6.92 Å². The lowest BCUT2D eigenvalue weighted by molar-refractivity contribution is -0.215. The van der Waals surface area contributed by atoms with Crippen LogP contribution in [0.5, 0.6) is 5.75 Å². The van der Waals surface area contributed by atoms with Gasteiger partial charge in [-0.05, 0) is 44.0 Å². The van der Waals surface area contributed by atoms with E-state index in [2.05, 4.69) is 4.89 Å². The minimum atomic E-state index is -0.323. The van der Waals surface area contributed by atoms with Crippen molar-refractivity contribution < 1.29 is 19.4 Å². The molecular weight excluding hydrogens is 208 g/mol. The van der Waals surface area contributed by atoms with Crippen LogP contribution in [0.2, 0.25) is 0 Å². The molecule has 0 amide bonds. The summed E-state index contributed by atoms with van der Waals surface area (Å²) in [5.41, 5.74) is 0.598. The number of Topliss-reactive ketones (excluding diaryl/α,β-unsaturated/α-hetero) is 1. The molecule has 84 valence electrons. The Morgan fingerprint density at radius 3 is 2.31 bits per heavy atom. The first-order chi connectivity index (χ1) is 7.66. The fourth-order valence-electron chi connectivity index (χ4n) is 1.22. The third-order valence-corrected chi connectivity index (χ3v) is 2.39. The zero-order valence-corrected chi connectivity index (χ0v) is 8.93. The first-order valence-electron chi connectivity index (χ1n) is 5.16. The second-order valence-corrected chi connectivity index (χ2v) is 3.84. The van der Waals surface area contributed by atoms with Crippen molar-refractivity contribution >= 4 is 11.8 Å². The maximum absolute atomic E-state index is 11.2. The van der Waals surface area contributed by atoms with Gasteiger partial charge in [0.25, 0.3) is 0 Å². The van der Waals surface area contributed by atoms with Crippen molar-refractivity contribution in [1.82, 2.24) is 0 Å². The second kappa shape index (κ2) is 4.35. The fraction of sp³-hybridized carbons (Fsp3) is 0.333. The van der Waals surface area contributed by atoms with Crippen molar-refractivity contribution in [3.05, 3.63) is 29.8 Å². The standard InChI is InChI=1S/C12H12O4/c1-8(13)9-4-6-11(7-5-9)15-16-12(14)10-2-3-10/h4-7,10H,2-3H2,1H3. The first kappa shape index (κ1) is 10.7. The van der Waals surface area contributed by atoms with Gasteiger partial charge in [0, 0.05) is 5.56 Å². The summed E-state index contributed by atoms with van der Waals surface area (Å²) in [4.78, 5) is 31.6. The molecule has 4 heteroatoms. The Morgan fingerprint density at radius 2 is 1.81 bits per heavy atom. The highest BCUT2D eigenvalue weighted by Gasteiger charge is 2.32. The summed E-state index contributed by atoms with van der Waals surface area (Å²) in [7, 11) is 0. The summed E-state index contributed by atoms with van der Waals surface area (Å²) in [6, 6.07) is 6.44. The average molecular weight is 220 g/mol. The number of hydrogen-bond donors (Lipinski definition) is 0. The first-order valence-corrected chi connectivity index (χ1v) is 5.16. The molecule has 1 saturated carbocycles. The Kier molecular flexibility index (Phi) is 2.90. The van der Waals surface area contributed by atoms with E-state index in [4.69, 9.17) is 4.89 Å². The zero-order chi connectivity index (χ0) is 11.5. The predicted octanol–water partition coefficient (Wildman–Crippen LogP) is 2.14. The second-order valence-electron chi connectivity index (χ2n) is 3.84. The van der Waals surface area contributed by atoms with Gasteiger partial charge in [0.1, 0.15) is 0 Å². The third kappa shape index (κ3) is 2.59. The van der Waals surface area contributed by atoms with E-state index in [9.17, 15) is 9.59 Å². The topological polar surface area (TPSA) is 52.6 Å². The van der Waals surface area contributed by atoms with Gasteiger partial charge >= 0.3 is 5.97 Å². The molecule has 1 fully saturated rings. The molecule has 1 aromatic rings. The van der Waals surface area contributed by atoms with Gasteiger partial charge in [-0.1, -0.05) is 0 Å². The number of rotatable bonds is 4. The van der Waals surface area contributed by atoms with Gasteiger partial charge in [-0.2, -0.15) is 0 Å². The molecule has 0 heterocycles. The predicted molar refractivity (Wildman–Crippen MR) is 55.9 cm³/mol. The molecular formula is C12H12O4. The van der Waals surface area contributed by atoms with Gasteiger partial charge in [-0.3, -0.25) is 14.6 Å². The van der Waals surface area contributed by atoms with Crippen molar-refractivity contribution in [3.8, 4) is 5.75 Å². The van der Waals surface area contributed by atoms with Crippen LogP contribution in [0, 0.1) is 5.92 Å². The van der Waals surface area contributed by atoms with E-state index < -0.39 is 0 Å². The molecule has 0 unspecified atom stereocenters. The molecule has 0 aliphatic heterocycles. The minimum Gasteiger partial charge on any atom is -0.295 e. The number of ketones is 1. The Labute approximate surface area is 93.1 Å². The van der Waals surface area contributed by atoms with E-state index in [-0.39, 0.29) is 17.7 Å². The summed E-state index contributed by atoms with van der Waals surface area (Å²) in [6.07, 6.45) is 1.76. The molecule has 0 saturated heterocycles. The number of benzene rings is 1. The quantitative estimate of drug-likeness (QED) is 0.443. The number of carbonyl (C=O) groups excluding carboxylic acids is 2. The van der Waals surface area contributed by atoms with E-state index in [1.807, 2.05) is 0 Å². The van der Waals surface area contributed by atoms with Crippen molar-refractivity contribution in [2.75, 3.05) is 0 Å². The molecule has 1 aliphatic carbocycles. The van der Waals surface area contributed by atoms with Gasteiger partial charge in [0.05, 0.1) is 5.92 Å². The Morgan fingerprint density at radius 1 is 1.19 bits per heavy atom. The van der Waals surface area contributed by atoms with E-state index in [0.717, 1.165) is 12.8 Å². The van der Waals surface area contributed by atoms with Crippen LogP contribution in [0.25, 0.3) is 0 Å². The van der Waals surface area contributed by atoms with Crippen LogP contribution >= 0.6 is 0 Å². The van der Waals surface area contributed by atoms with E-state index in [1.54, 1.807) is 24.3 Å². The van der Waals surface area contributed by atoms with Gasteiger partial charge in [-0.25, -0.2) is 4.79 Å². The van der Waals surface area contributed by atoms with Crippen LogP contribution < -0.4 is 4.89 Å². The molecule has 0 atom stereocenters. The van der Waals surface area contributed by atoms with Gasteiger partial charge in [0.2, 0.25) is 0 Å². The van der Waals surface area contributed by atoms with E-state index >= 15 is 0 Å². The highest BCUT2D eigenvalue weighted by atomic mass is 17.2. The van der Waals surface area contributed by atoms with Crippen LogP contribution in [0.4, 0.5) is 0 Å². The molecule has 0 bridgehead atoms. The Balaban J connectivity index is 1.89. The zero-order valence-electron chi connectivity index (χ0n) is 8.93. The monoisotopic (exact) mass is 220 g/mol. The molecule has 4 nitrogen and oxygen atoms in total. The van der Waals surface area contributed by atoms with Crippen molar-refractivity contribution in [3.63, 3.8) is 0 Å². The number of carbonyl (C=O) groups is 2. The van der Waals surface area contributed by atoms with Crippen LogP contribution in [0.15, 0.2) is 24.3 Å². The van der Waals surface area contributed by atoms with E-state index in [0.29, 0.717) is 11.3 Å². The lowest BCUT2D eigenvalue weighted by atomic mass is 10.1. The summed E-state index contributed by atoms with van der Waals surface area (Å²) in [5.74, 6) is 0.0904. The highest BCUT2D eigenvalue weighted by Crippen LogP contribution is 2.30. The summed E-state index contributed by atoms with van der Waals surface area (Å²) in [5, 5.41) is 0. The van der Waals surface area contributed by atoms with Crippen molar-refractivity contribution in [1.29, 1.82) is 0 Å². The van der Waals surface area contributed by atoms with Gasteiger partial charge in [0.15, 0.2) is 11.5 Å². The minimum absolute atomic E-state index is 0.0106. The third-order valence-electron chi connectivity index (χ3n) is 2.39. The van der Waals surface area contributed by atoms with Crippen LogP contribution in [0.1, 0.15) is 30.1 Å². The van der Waals surface area contributed by atoms with Crippen LogP contribution in [-0.2, 0) is 9.68 Å². The lowest BCUT2D eigenvalue weighted by Gasteiger charge is -2.03. The number of hydrogen-bond acceptors (Lipinski definition) is 4. The molecule has 2 rings (SSSR count). The van der Waals surface area contributed by atoms with Crippen molar-refractivity contribution in [2.45, 2.75) is 19.8 Å². The molecule has 1 aromatic carbocycles. The Bertz CT molecular complexity index is 404. The normalized spacial score (nSPS) is 14.3. The smallest absolute Gasteiger partial charge is 0.295 e.